The Morgan fingerprint density at radius 2 is 0.875 bits per heavy atom. The summed E-state index contributed by atoms with van der Waals surface area (Å²) in [6.45, 7) is 6.68. The molecule has 4 aromatic carbocycles. The quantitative estimate of drug-likeness (QED) is 0.229. The summed E-state index contributed by atoms with van der Waals surface area (Å²) in [6.07, 6.45) is 0.0547. The van der Waals surface area contributed by atoms with E-state index in [1.807, 2.05) is 72.8 Å². The third-order valence-corrected chi connectivity index (χ3v) is 5.69. The van der Waals surface area contributed by atoms with Crippen LogP contribution in [-0.4, -0.2) is 14.1 Å². The molecule has 0 heterocycles. The first-order valence-corrected chi connectivity index (χ1v) is 14.3. The van der Waals surface area contributed by atoms with Gasteiger partial charge in [0.15, 0.2) is 14.1 Å². The van der Waals surface area contributed by atoms with Gasteiger partial charge in [0, 0.05) is 11.1 Å². The second-order valence-electron chi connectivity index (χ2n) is 8.49. The first-order valence-electron chi connectivity index (χ1n) is 10.9. The Balaban J connectivity index is 0.000000186. The highest BCUT2D eigenvalue weighted by atomic mass is 28.4. The van der Waals surface area contributed by atoms with Crippen molar-refractivity contribution in [1.82, 2.24) is 0 Å². The summed E-state index contributed by atoms with van der Waals surface area (Å²) >= 11 is 0. The van der Waals surface area contributed by atoms with Crippen molar-refractivity contribution in [2.45, 2.75) is 25.7 Å². The minimum absolute atomic E-state index is 0.0547. The van der Waals surface area contributed by atoms with Gasteiger partial charge < -0.3 is 4.43 Å². The average molecular weight is 439 g/mol. The lowest BCUT2D eigenvalue weighted by atomic mass is 10.0. The van der Waals surface area contributed by atoms with Gasteiger partial charge in [-0.1, -0.05) is 121 Å². The molecule has 0 fully saturated rings. The number of benzene rings is 4. The van der Waals surface area contributed by atoms with Gasteiger partial charge in [-0.15, -0.1) is 0 Å². The lowest BCUT2D eigenvalue weighted by Crippen LogP contribution is -2.28. The van der Waals surface area contributed by atoms with Gasteiger partial charge in [-0.2, -0.15) is 0 Å². The van der Waals surface area contributed by atoms with Gasteiger partial charge in [0.1, 0.15) is 0 Å². The minimum Gasteiger partial charge on any atom is -0.407 e. The van der Waals surface area contributed by atoms with Crippen LogP contribution in [0.15, 0.2) is 121 Å². The maximum atomic E-state index is 11.8. The van der Waals surface area contributed by atoms with Gasteiger partial charge in [-0.25, -0.2) is 0 Å². The summed E-state index contributed by atoms with van der Waals surface area (Å²) in [6, 6.07) is 39.5. The van der Waals surface area contributed by atoms with Crippen molar-refractivity contribution in [3.05, 3.63) is 144 Å². The van der Waals surface area contributed by atoms with E-state index in [0.29, 0.717) is 0 Å². The van der Waals surface area contributed by atoms with Crippen molar-refractivity contribution < 1.29 is 9.22 Å². The summed E-state index contributed by atoms with van der Waals surface area (Å²) in [4.78, 5) is 11.8. The highest BCUT2D eigenvalue weighted by Crippen LogP contribution is 2.29. The van der Waals surface area contributed by atoms with Crippen molar-refractivity contribution in [1.29, 1.82) is 0 Å². The van der Waals surface area contributed by atoms with E-state index in [-0.39, 0.29) is 11.9 Å². The SMILES string of the molecule is C[Si](C)(C)OC(c1ccccc1)c1ccccc1.O=C(c1ccccc1)c1ccccc1. The van der Waals surface area contributed by atoms with Gasteiger partial charge in [0.2, 0.25) is 0 Å². The normalized spacial score (nSPS) is 10.9. The van der Waals surface area contributed by atoms with E-state index in [0.717, 1.165) is 11.1 Å². The molecule has 4 rings (SSSR count). The van der Waals surface area contributed by atoms with Crippen LogP contribution in [0.2, 0.25) is 19.6 Å². The fourth-order valence-corrected chi connectivity index (χ4v) is 4.26. The molecule has 0 saturated carbocycles. The Hall–Kier alpha value is -3.27. The van der Waals surface area contributed by atoms with Crippen LogP contribution in [0.25, 0.3) is 0 Å². The summed E-state index contributed by atoms with van der Waals surface area (Å²) in [5.74, 6) is 0.0752. The van der Waals surface area contributed by atoms with E-state index in [1.165, 1.54) is 11.1 Å². The average Bonchev–Trinajstić information content (AvgIpc) is 2.84. The molecule has 32 heavy (non-hydrogen) atoms. The third kappa shape index (κ3) is 7.15. The van der Waals surface area contributed by atoms with Crippen LogP contribution in [0.1, 0.15) is 33.2 Å². The molecule has 3 heteroatoms. The van der Waals surface area contributed by atoms with Crippen molar-refractivity contribution in [2.75, 3.05) is 0 Å². The first-order chi connectivity index (χ1) is 15.4. The molecule has 0 aliphatic carbocycles. The molecule has 4 aromatic rings. The number of ketones is 1. The zero-order valence-corrected chi connectivity index (χ0v) is 19.9. The molecule has 0 saturated heterocycles. The predicted octanol–water partition coefficient (Wildman–Crippen LogP) is 7.55. The van der Waals surface area contributed by atoms with Gasteiger partial charge >= 0.3 is 0 Å². The van der Waals surface area contributed by atoms with Gasteiger partial charge in [-0.05, 0) is 30.8 Å². The molecule has 162 valence electrons. The van der Waals surface area contributed by atoms with E-state index in [4.69, 9.17) is 4.43 Å². The minimum atomic E-state index is -1.59. The number of rotatable bonds is 6. The number of carbonyl (C=O) groups is 1. The molecule has 0 N–H and O–H groups in total. The molecule has 0 aliphatic rings. The lowest BCUT2D eigenvalue weighted by Gasteiger charge is -2.27. The molecule has 2 nitrogen and oxygen atoms in total. The van der Waals surface area contributed by atoms with Crippen LogP contribution < -0.4 is 0 Å². The fraction of sp³-hybridized carbons (Fsp3) is 0.138. The number of hydrogen-bond donors (Lipinski definition) is 0. The predicted molar refractivity (Wildman–Crippen MR) is 135 cm³/mol. The van der Waals surface area contributed by atoms with E-state index in [2.05, 4.69) is 68.2 Å². The summed E-state index contributed by atoms with van der Waals surface area (Å²) in [5, 5.41) is 0. The van der Waals surface area contributed by atoms with Crippen molar-refractivity contribution >= 4 is 14.1 Å². The topological polar surface area (TPSA) is 26.3 Å². The van der Waals surface area contributed by atoms with E-state index >= 15 is 0 Å². The van der Waals surface area contributed by atoms with Crippen LogP contribution in [0.5, 0.6) is 0 Å². The number of hydrogen-bond acceptors (Lipinski definition) is 2. The molecule has 0 aromatic heterocycles. The third-order valence-electron chi connectivity index (χ3n) is 4.75. The second kappa shape index (κ2) is 11.4. The first kappa shape index (κ1) is 23.4. The zero-order chi connectivity index (χ0) is 22.8. The van der Waals surface area contributed by atoms with Crippen LogP contribution in [-0.2, 0) is 4.43 Å². The monoisotopic (exact) mass is 438 g/mol. The van der Waals surface area contributed by atoms with Crippen LogP contribution in [0.3, 0.4) is 0 Å². The molecule has 0 radical (unpaired) electrons. The van der Waals surface area contributed by atoms with Crippen LogP contribution in [0, 0.1) is 0 Å². The molecule has 0 aliphatic heterocycles. The Bertz CT molecular complexity index is 993. The molecular formula is C29H30O2Si. The highest BCUT2D eigenvalue weighted by molar-refractivity contribution is 6.69. The smallest absolute Gasteiger partial charge is 0.193 e. The summed E-state index contributed by atoms with van der Waals surface area (Å²) < 4.78 is 6.35. The molecule has 0 unspecified atom stereocenters. The summed E-state index contributed by atoms with van der Waals surface area (Å²) in [5.41, 5.74) is 3.93. The Labute approximate surface area is 192 Å². The largest absolute Gasteiger partial charge is 0.407 e. The van der Waals surface area contributed by atoms with Gasteiger partial charge in [0.05, 0.1) is 6.10 Å². The maximum Gasteiger partial charge on any atom is 0.193 e. The zero-order valence-electron chi connectivity index (χ0n) is 18.9. The fourth-order valence-electron chi connectivity index (χ4n) is 3.28. The van der Waals surface area contributed by atoms with Crippen LogP contribution in [0.4, 0.5) is 0 Å². The Kier molecular flexibility index (Phi) is 8.32. The van der Waals surface area contributed by atoms with Crippen molar-refractivity contribution in [2.24, 2.45) is 0 Å². The van der Waals surface area contributed by atoms with E-state index < -0.39 is 8.32 Å². The standard InChI is InChI=1S/C16H20OSi.C13H10O/c1-18(2,3)17-16(14-10-6-4-7-11-14)15-12-8-5-9-13-15;14-13(11-7-3-1-4-8-11)12-9-5-2-6-10-12/h4-13,16H,1-3H3;1-10H. The summed E-state index contributed by atoms with van der Waals surface area (Å²) in [7, 11) is -1.59. The second-order valence-corrected chi connectivity index (χ2v) is 13.0. The molecule has 0 amide bonds. The maximum absolute atomic E-state index is 11.8. The van der Waals surface area contributed by atoms with Crippen molar-refractivity contribution in [3.8, 4) is 0 Å². The molecule has 0 atom stereocenters. The molecule has 0 bridgehead atoms. The Morgan fingerprint density at radius 1 is 0.562 bits per heavy atom. The van der Waals surface area contributed by atoms with Crippen LogP contribution >= 0.6 is 0 Å². The molecule has 0 spiro atoms. The number of carbonyl (C=O) groups excluding carboxylic acids is 1. The highest BCUT2D eigenvalue weighted by Gasteiger charge is 2.23. The molecular weight excluding hydrogens is 408 g/mol. The Morgan fingerprint density at radius 3 is 1.19 bits per heavy atom. The van der Waals surface area contributed by atoms with Gasteiger partial charge in [0.25, 0.3) is 0 Å². The van der Waals surface area contributed by atoms with E-state index in [1.54, 1.807) is 0 Å². The lowest BCUT2D eigenvalue weighted by molar-refractivity contribution is 0.103. The van der Waals surface area contributed by atoms with Crippen molar-refractivity contribution in [3.63, 3.8) is 0 Å². The van der Waals surface area contributed by atoms with Gasteiger partial charge in [-0.3, -0.25) is 4.79 Å². The van der Waals surface area contributed by atoms with E-state index in [9.17, 15) is 4.79 Å².